The molecular formula is C26H29N3O5S. The van der Waals surface area contributed by atoms with Crippen LogP contribution < -0.4 is 15.5 Å². The number of hydrogen-bond acceptors (Lipinski definition) is 7. The normalized spacial score (nSPS) is 14.6. The largest absolute Gasteiger partial charge is 0.496 e. The quantitative estimate of drug-likeness (QED) is 0.529. The van der Waals surface area contributed by atoms with Gasteiger partial charge in [-0.1, -0.05) is 20.8 Å². The first-order valence-corrected chi connectivity index (χ1v) is 12.2. The summed E-state index contributed by atoms with van der Waals surface area (Å²) < 4.78 is 12.8. The molecule has 1 N–H and O–H groups in total. The Bertz CT molecular complexity index is 1370. The predicted octanol–water partition coefficient (Wildman–Crippen LogP) is 4.33. The molecule has 9 heteroatoms. The maximum absolute atomic E-state index is 12.9. The summed E-state index contributed by atoms with van der Waals surface area (Å²) in [5.41, 5.74) is 2.98. The Morgan fingerprint density at radius 2 is 1.97 bits per heavy atom. The van der Waals surface area contributed by atoms with Crippen LogP contribution in [0.5, 0.6) is 5.75 Å². The van der Waals surface area contributed by atoms with Crippen molar-refractivity contribution in [3.63, 3.8) is 0 Å². The molecule has 8 nitrogen and oxygen atoms in total. The van der Waals surface area contributed by atoms with Crippen LogP contribution in [0.1, 0.15) is 59.5 Å². The number of thiazole rings is 1. The molecule has 0 radical (unpaired) electrons. The topological polar surface area (TPSA) is 99.5 Å². The number of carbonyl (C=O) groups is 2. The van der Waals surface area contributed by atoms with Gasteiger partial charge >= 0.3 is 5.97 Å². The number of benzene rings is 1. The molecule has 184 valence electrons. The molecule has 0 saturated heterocycles. The van der Waals surface area contributed by atoms with Gasteiger partial charge in [0.2, 0.25) is 0 Å². The molecule has 1 aromatic carbocycles. The van der Waals surface area contributed by atoms with E-state index in [4.69, 9.17) is 9.47 Å². The SMILES string of the molecule is CCOC(=O)c1cn2c(cc1=O)-c1cc(OC)c(-c3cnc(C(=O)NC)s3)cc1CC2C(C)(C)C. The van der Waals surface area contributed by atoms with Gasteiger partial charge < -0.3 is 19.4 Å². The van der Waals surface area contributed by atoms with Crippen LogP contribution >= 0.6 is 11.3 Å². The first-order valence-electron chi connectivity index (χ1n) is 11.4. The number of nitrogens with zero attached hydrogens (tertiary/aromatic N) is 2. The number of carbonyl (C=O) groups excluding carboxylic acids is 2. The minimum Gasteiger partial charge on any atom is -0.496 e. The van der Waals surface area contributed by atoms with Crippen LogP contribution in [0.2, 0.25) is 0 Å². The van der Waals surface area contributed by atoms with Crippen LogP contribution in [0.25, 0.3) is 21.7 Å². The van der Waals surface area contributed by atoms with E-state index in [1.54, 1.807) is 33.5 Å². The molecule has 0 bridgehead atoms. The molecule has 3 heterocycles. The second-order valence-electron chi connectivity index (χ2n) is 9.47. The van der Waals surface area contributed by atoms with Crippen LogP contribution in [0.3, 0.4) is 0 Å². The van der Waals surface area contributed by atoms with Crippen molar-refractivity contribution in [1.82, 2.24) is 14.9 Å². The molecule has 2 aromatic heterocycles. The molecule has 0 spiro atoms. The highest BCUT2D eigenvalue weighted by Crippen LogP contribution is 2.46. The monoisotopic (exact) mass is 495 g/mol. The number of rotatable bonds is 5. The van der Waals surface area contributed by atoms with Crippen LogP contribution in [0.4, 0.5) is 0 Å². The van der Waals surface area contributed by atoms with E-state index in [0.717, 1.165) is 27.3 Å². The molecule has 1 aliphatic rings. The Balaban J connectivity index is 1.92. The number of pyridine rings is 1. The zero-order chi connectivity index (χ0) is 25.5. The summed E-state index contributed by atoms with van der Waals surface area (Å²) in [6.07, 6.45) is 4.00. The number of aromatic nitrogens is 2. The molecule has 1 atom stereocenters. The molecule has 4 rings (SSSR count). The van der Waals surface area contributed by atoms with Gasteiger partial charge in [0.1, 0.15) is 11.3 Å². The smallest absolute Gasteiger partial charge is 0.343 e. The first kappa shape index (κ1) is 24.7. The van der Waals surface area contributed by atoms with Crippen LogP contribution in [-0.2, 0) is 11.2 Å². The fourth-order valence-corrected chi connectivity index (χ4v) is 5.30. The maximum Gasteiger partial charge on any atom is 0.343 e. The second-order valence-corrected chi connectivity index (χ2v) is 10.5. The zero-order valence-corrected chi connectivity index (χ0v) is 21.5. The van der Waals surface area contributed by atoms with Crippen molar-refractivity contribution in [3.8, 4) is 27.4 Å². The standard InChI is InChI=1S/C26H29N3O5S/c1-7-34-25(32)17-13-29-18(11-19(17)30)15-10-20(33-6)16(8-14(15)9-22(29)26(2,3)4)21-12-28-24(35-21)23(31)27-5/h8,10-13,22H,7,9H2,1-6H3,(H,27,31). The lowest BCUT2D eigenvalue weighted by atomic mass is 9.78. The van der Waals surface area contributed by atoms with Crippen molar-refractivity contribution in [1.29, 1.82) is 0 Å². The summed E-state index contributed by atoms with van der Waals surface area (Å²) in [6, 6.07) is 5.47. The Morgan fingerprint density at radius 3 is 2.60 bits per heavy atom. The number of ether oxygens (including phenoxy) is 2. The van der Waals surface area contributed by atoms with Gasteiger partial charge in [0.05, 0.1) is 24.3 Å². The minimum atomic E-state index is -0.615. The van der Waals surface area contributed by atoms with E-state index >= 15 is 0 Å². The average molecular weight is 496 g/mol. The summed E-state index contributed by atoms with van der Waals surface area (Å²) in [7, 11) is 3.16. The summed E-state index contributed by atoms with van der Waals surface area (Å²) in [5, 5.41) is 2.97. The first-order chi connectivity index (χ1) is 16.6. The average Bonchev–Trinajstić information content (AvgIpc) is 3.31. The number of amides is 1. The number of hydrogen-bond donors (Lipinski definition) is 1. The molecule has 0 saturated carbocycles. The van der Waals surface area contributed by atoms with Gasteiger partial charge in [-0.25, -0.2) is 9.78 Å². The lowest BCUT2D eigenvalue weighted by Crippen LogP contribution is -2.33. The van der Waals surface area contributed by atoms with Crippen LogP contribution in [0, 0.1) is 5.41 Å². The van der Waals surface area contributed by atoms with Crippen molar-refractivity contribution < 1.29 is 19.1 Å². The molecule has 3 aromatic rings. The number of methoxy groups -OCH3 is 1. The third kappa shape index (κ3) is 4.48. The van der Waals surface area contributed by atoms with Crippen molar-refractivity contribution in [3.05, 3.63) is 57.0 Å². The highest BCUT2D eigenvalue weighted by Gasteiger charge is 2.34. The van der Waals surface area contributed by atoms with Crippen molar-refractivity contribution in [2.24, 2.45) is 5.41 Å². The van der Waals surface area contributed by atoms with Gasteiger partial charge in [-0.2, -0.15) is 0 Å². The Morgan fingerprint density at radius 1 is 1.23 bits per heavy atom. The molecule has 35 heavy (non-hydrogen) atoms. The van der Waals surface area contributed by atoms with Crippen molar-refractivity contribution in [2.45, 2.75) is 40.2 Å². The Hall–Kier alpha value is -3.46. The summed E-state index contributed by atoms with van der Waals surface area (Å²) in [4.78, 5) is 42.5. The molecule has 1 aliphatic heterocycles. The lowest BCUT2D eigenvalue weighted by Gasteiger charge is -2.39. The molecule has 1 unspecified atom stereocenters. The van der Waals surface area contributed by atoms with E-state index in [2.05, 4.69) is 37.1 Å². The summed E-state index contributed by atoms with van der Waals surface area (Å²) in [6.45, 7) is 8.32. The zero-order valence-electron chi connectivity index (χ0n) is 20.7. The fraction of sp³-hybridized carbons (Fsp3) is 0.385. The van der Waals surface area contributed by atoms with Gasteiger partial charge in [0.25, 0.3) is 5.91 Å². The van der Waals surface area contributed by atoms with Gasteiger partial charge in [0, 0.05) is 42.7 Å². The van der Waals surface area contributed by atoms with Crippen LogP contribution in [0.15, 0.2) is 35.4 Å². The van der Waals surface area contributed by atoms with Gasteiger partial charge in [-0.05, 0) is 36.5 Å². The van der Waals surface area contributed by atoms with E-state index in [-0.39, 0.29) is 35.0 Å². The molecule has 1 amide bonds. The van der Waals surface area contributed by atoms with Gasteiger partial charge in [0.15, 0.2) is 10.4 Å². The van der Waals surface area contributed by atoms with E-state index in [1.807, 2.05) is 10.6 Å². The number of esters is 1. The maximum atomic E-state index is 12.9. The van der Waals surface area contributed by atoms with Crippen molar-refractivity contribution in [2.75, 3.05) is 20.8 Å². The van der Waals surface area contributed by atoms with Crippen molar-refractivity contribution >= 4 is 23.2 Å². The third-order valence-electron chi connectivity index (χ3n) is 6.22. The molecular weight excluding hydrogens is 466 g/mol. The predicted molar refractivity (Wildman–Crippen MR) is 135 cm³/mol. The van der Waals surface area contributed by atoms with E-state index < -0.39 is 5.97 Å². The van der Waals surface area contributed by atoms with Gasteiger partial charge in [-0.15, -0.1) is 11.3 Å². The highest BCUT2D eigenvalue weighted by atomic mass is 32.1. The summed E-state index contributed by atoms with van der Waals surface area (Å²) >= 11 is 1.29. The Labute approximate surface area is 207 Å². The van der Waals surface area contributed by atoms with E-state index in [1.165, 1.54) is 17.4 Å². The third-order valence-corrected chi connectivity index (χ3v) is 7.25. The van der Waals surface area contributed by atoms with Gasteiger partial charge in [-0.3, -0.25) is 9.59 Å². The highest BCUT2D eigenvalue weighted by molar-refractivity contribution is 7.17. The Kier molecular flexibility index (Phi) is 6.55. The van der Waals surface area contributed by atoms with E-state index in [0.29, 0.717) is 17.2 Å². The lowest BCUT2D eigenvalue weighted by molar-refractivity contribution is 0.0523. The number of fused-ring (bicyclic) bond motifs is 3. The summed E-state index contributed by atoms with van der Waals surface area (Å²) in [5.74, 6) is -0.244. The second kappa shape index (κ2) is 9.30. The van der Waals surface area contributed by atoms with E-state index in [9.17, 15) is 14.4 Å². The minimum absolute atomic E-state index is 0.0112. The van der Waals surface area contributed by atoms with Crippen LogP contribution in [-0.4, -0.2) is 42.2 Å². The number of nitrogens with one attached hydrogen (secondary N) is 1. The molecule has 0 aliphatic carbocycles. The fourth-order valence-electron chi connectivity index (χ4n) is 4.42. The molecule has 0 fully saturated rings.